The van der Waals surface area contributed by atoms with Gasteiger partial charge in [0, 0.05) is 19.5 Å². The van der Waals surface area contributed by atoms with Crippen molar-refractivity contribution >= 4 is 5.91 Å². The molecule has 1 amide bonds. The number of carbonyl (C=O) groups is 1. The van der Waals surface area contributed by atoms with E-state index in [-0.39, 0.29) is 18.9 Å². The molecular weight excluding hydrogens is 226 g/mol. The summed E-state index contributed by atoms with van der Waals surface area (Å²) < 4.78 is 26.1. The van der Waals surface area contributed by atoms with E-state index in [0.29, 0.717) is 19.0 Å². The second-order valence-electron chi connectivity index (χ2n) is 5.35. The SMILES string of the molecule is CC1CCCN(C(=O)C2CC(F)(F)CN2)CC1. The number of carbonyl (C=O) groups excluding carboxylic acids is 1. The molecule has 0 aromatic rings. The second kappa shape index (κ2) is 4.88. The normalized spacial score (nSPS) is 33.5. The fourth-order valence-corrected chi connectivity index (χ4v) is 2.59. The molecule has 0 aliphatic carbocycles. The van der Waals surface area contributed by atoms with Gasteiger partial charge in [-0.3, -0.25) is 10.1 Å². The van der Waals surface area contributed by atoms with E-state index in [9.17, 15) is 13.6 Å². The zero-order chi connectivity index (χ0) is 12.5. The van der Waals surface area contributed by atoms with Crippen LogP contribution in [0.1, 0.15) is 32.6 Å². The smallest absolute Gasteiger partial charge is 0.262 e. The quantitative estimate of drug-likeness (QED) is 0.762. The van der Waals surface area contributed by atoms with Crippen LogP contribution >= 0.6 is 0 Å². The molecule has 2 saturated heterocycles. The summed E-state index contributed by atoms with van der Waals surface area (Å²) in [5.74, 6) is -2.23. The van der Waals surface area contributed by atoms with Gasteiger partial charge >= 0.3 is 0 Å². The number of nitrogens with one attached hydrogen (secondary N) is 1. The molecule has 2 atom stereocenters. The number of hydrogen-bond donors (Lipinski definition) is 1. The highest BCUT2D eigenvalue weighted by Gasteiger charge is 2.43. The van der Waals surface area contributed by atoms with E-state index < -0.39 is 12.0 Å². The van der Waals surface area contributed by atoms with Crippen molar-refractivity contribution in [3.05, 3.63) is 0 Å². The van der Waals surface area contributed by atoms with Crippen molar-refractivity contribution in [2.24, 2.45) is 5.92 Å². The molecule has 2 aliphatic heterocycles. The number of likely N-dealkylation sites (tertiary alicyclic amines) is 1. The fraction of sp³-hybridized carbons (Fsp3) is 0.917. The molecule has 0 saturated carbocycles. The third-order valence-electron chi connectivity index (χ3n) is 3.74. The Kier molecular flexibility index (Phi) is 3.66. The minimum absolute atomic E-state index is 0.142. The molecule has 17 heavy (non-hydrogen) atoms. The molecule has 2 heterocycles. The van der Waals surface area contributed by atoms with Crippen LogP contribution in [0.4, 0.5) is 8.78 Å². The average molecular weight is 246 g/mol. The Morgan fingerprint density at radius 1 is 1.35 bits per heavy atom. The largest absolute Gasteiger partial charge is 0.341 e. The summed E-state index contributed by atoms with van der Waals surface area (Å²) in [6.45, 7) is 3.24. The minimum Gasteiger partial charge on any atom is -0.341 e. The van der Waals surface area contributed by atoms with E-state index in [1.807, 2.05) is 0 Å². The number of rotatable bonds is 1. The van der Waals surface area contributed by atoms with Crippen LogP contribution in [0.25, 0.3) is 0 Å². The predicted octanol–water partition coefficient (Wildman–Crippen LogP) is 1.63. The molecule has 0 radical (unpaired) electrons. The molecule has 2 fully saturated rings. The van der Waals surface area contributed by atoms with Crippen LogP contribution in [0.3, 0.4) is 0 Å². The van der Waals surface area contributed by atoms with Crippen molar-refractivity contribution in [2.75, 3.05) is 19.6 Å². The monoisotopic (exact) mass is 246 g/mol. The molecule has 2 aliphatic rings. The summed E-state index contributed by atoms with van der Waals surface area (Å²) in [5.41, 5.74) is 0. The standard InChI is InChI=1S/C12H20F2N2O/c1-9-3-2-5-16(6-4-9)11(17)10-7-12(13,14)8-15-10/h9-10,15H,2-8H2,1H3. The molecule has 2 rings (SSSR count). The zero-order valence-corrected chi connectivity index (χ0v) is 10.2. The molecule has 2 unspecified atom stereocenters. The van der Waals surface area contributed by atoms with Crippen molar-refractivity contribution in [1.82, 2.24) is 10.2 Å². The van der Waals surface area contributed by atoms with E-state index in [1.54, 1.807) is 4.90 Å². The third-order valence-corrected chi connectivity index (χ3v) is 3.74. The highest BCUT2D eigenvalue weighted by atomic mass is 19.3. The van der Waals surface area contributed by atoms with Gasteiger partial charge in [0.05, 0.1) is 12.6 Å². The van der Waals surface area contributed by atoms with Gasteiger partial charge in [-0.1, -0.05) is 6.92 Å². The highest BCUT2D eigenvalue weighted by Crippen LogP contribution is 2.27. The lowest BCUT2D eigenvalue weighted by molar-refractivity contribution is -0.133. The summed E-state index contributed by atoms with van der Waals surface area (Å²) >= 11 is 0. The molecule has 0 bridgehead atoms. The van der Waals surface area contributed by atoms with Crippen molar-refractivity contribution < 1.29 is 13.6 Å². The molecular formula is C12H20F2N2O. The van der Waals surface area contributed by atoms with Gasteiger partial charge in [-0.25, -0.2) is 8.78 Å². The Labute approximate surface area is 101 Å². The maximum atomic E-state index is 13.0. The fourth-order valence-electron chi connectivity index (χ4n) is 2.59. The zero-order valence-electron chi connectivity index (χ0n) is 10.2. The highest BCUT2D eigenvalue weighted by molar-refractivity contribution is 5.82. The first-order valence-electron chi connectivity index (χ1n) is 6.38. The molecule has 5 heteroatoms. The van der Waals surface area contributed by atoms with Crippen molar-refractivity contribution in [2.45, 2.75) is 44.6 Å². The number of nitrogens with zero attached hydrogens (tertiary/aromatic N) is 1. The Morgan fingerprint density at radius 2 is 2.12 bits per heavy atom. The van der Waals surface area contributed by atoms with Crippen LogP contribution in [0.5, 0.6) is 0 Å². The first kappa shape index (κ1) is 12.7. The maximum Gasteiger partial charge on any atom is 0.262 e. The van der Waals surface area contributed by atoms with Crippen LogP contribution in [-0.4, -0.2) is 42.4 Å². The summed E-state index contributed by atoms with van der Waals surface area (Å²) in [6, 6.07) is -0.682. The number of halogens is 2. The van der Waals surface area contributed by atoms with E-state index in [0.717, 1.165) is 19.3 Å². The van der Waals surface area contributed by atoms with Gasteiger partial charge in [-0.2, -0.15) is 0 Å². The van der Waals surface area contributed by atoms with E-state index in [2.05, 4.69) is 12.2 Å². The van der Waals surface area contributed by atoms with Gasteiger partial charge in [0.25, 0.3) is 5.92 Å². The maximum absolute atomic E-state index is 13.0. The van der Waals surface area contributed by atoms with E-state index in [4.69, 9.17) is 0 Å². The lowest BCUT2D eigenvalue weighted by Gasteiger charge is -2.23. The molecule has 3 nitrogen and oxygen atoms in total. The minimum atomic E-state index is -2.72. The number of alkyl halides is 2. The summed E-state index contributed by atoms with van der Waals surface area (Å²) in [7, 11) is 0. The van der Waals surface area contributed by atoms with Gasteiger partial charge in [-0.15, -0.1) is 0 Å². The number of hydrogen-bond acceptors (Lipinski definition) is 2. The molecule has 0 aromatic heterocycles. The topological polar surface area (TPSA) is 32.3 Å². The molecule has 0 spiro atoms. The van der Waals surface area contributed by atoms with Crippen LogP contribution < -0.4 is 5.32 Å². The first-order valence-corrected chi connectivity index (χ1v) is 6.38. The van der Waals surface area contributed by atoms with Crippen molar-refractivity contribution in [3.63, 3.8) is 0 Å². The Hall–Kier alpha value is -0.710. The molecule has 98 valence electrons. The van der Waals surface area contributed by atoms with Crippen LogP contribution in [0, 0.1) is 5.92 Å². The van der Waals surface area contributed by atoms with Crippen LogP contribution in [-0.2, 0) is 4.79 Å². The van der Waals surface area contributed by atoms with E-state index >= 15 is 0 Å². The molecule has 0 aromatic carbocycles. The third kappa shape index (κ3) is 3.15. The summed E-state index contributed by atoms with van der Waals surface area (Å²) in [4.78, 5) is 13.8. The van der Waals surface area contributed by atoms with Crippen LogP contribution in [0.2, 0.25) is 0 Å². The van der Waals surface area contributed by atoms with Gasteiger partial charge < -0.3 is 4.90 Å². The van der Waals surface area contributed by atoms with E-state index in [1.165, 1.54) is 0 Å². The molecule has 1 N–H and O–H groups in total. The number of amides is 1. The van der Waals surface area contributed by atoms with Gasteiger partial charge in [-0.05, 0) is 25.2 Å². The Bertz CT molecular complexity index is 296. The lowest BCUT2D eigenvalue weighted by Crippen LogP contribution is -2.44. The van der Waals surface area contributed by atoms with Crippen molar-refractivity contribution in [1.29, 1.82) is 0 Å². The van der Waals surface area contributed by atoms with Gasteiger partial charge in [0.1, 0.15) is 0 Å². The van der Waals surface area contributed by atoms with Crippen LogP contribution in [0.15, 0.2) is 0 Å². The van der Waals surface area contributed by atoms with Gasteiger partial charge in [0.2, 0.25) is 5.91 Å². The van der Waals surface area contributed by atoms with Crippen molar-refractivity contribution in [3.8, 4) is 0 Å². The lowest BCUT2D eigenvalue weighted by atomic mass is 10.0. The van der Waals surface area contributed by atoms with Gasteiger partial charge in [0.15, 0.2) is 0 Å². The first-order chi connectivity index (χ1) is 7.98. The Balaban J connectivity index is 1.91. The average Bonchev–Trinajstić information content (AvgIpc) is 2.48. The Morgan fingerprint density at radius 3 is 2.76 bits per heavy atom. The predicted molar refractivity (Wildman–Crippen MR) is 60.9 cm³/mol. The summed E-state index contributed by atoms with van der Waals surface area (Å²) in [6.07, 6.45) is 2.74. The second-order valence-corrected chi connectivity index (χ2v) is 5.35. The summed E-state index contributed by atoms with van der Waals surface area (Å²) in [5, 5.41) is 2.63.